The van der Waals surface area contributed by atoms with Crippen molar-refractivity contribution in [1.82, 2.24) is 0 Å². The maximum absolute atomic E-state index is 11.7. The summed E-state index contributed by atoms with van der Waals surface area (Å²) in [6, 6.07) is 0. The minimum atomic E-state index is -0.175. The summed E-state index contributed by atoms with van der Waals surface area (Å²) in [5, 5.41) is 0. The van der Waals surface area contributed by atoms with Crippen molar-refractivity contribution in [2.45, 2.75) is 40.0 Å². The van der Waals surface area contributed by atoms with Gasteiger partial charge < -0.3 is 4.74 Å². The van der Waals surface area contributed by atoms with E-state index in [0.29, 0.717) is 11.3 Å². The van der Waals surface area contributed by atoms with E-state index in [1.807, 2.05) is 0 Å². The molecule has 90 valence electrons. The number of esters is 1. The predicted molar refractivity (Wildman–Crippen MR) is 66.1 cm³/mol. The van der Waals surface area contributed by atoms with Gasteiger partial charge in [-0.3, -0.25) is 0 Å². The van der Waals surface area contributed by atoms with Crippen LogP contribution in [0.15, 0.2) is 34.6 Å². The average Bonchev–Trinajstić information content (AvgIpc) is 2.68. The van der Waals surface area contributed by atoms with Crippen LogP contribution in [0.4, 0.5) is 0 Å². The number of cyclic esters (lactones) is 1. The van der Waals surface area contributed by atoms with Gasteiger partial charge in [0.15, 0.2) is 0 Å². The first kappa shape index (κ1) is 10.8. The monoisotopic (exact) mass is 230 g/mol. The lowest BCUT2D eigenvalue weighted by molar-refractivity contribution is -0.132. The molecule has 2 aliphatic carbocycles. The summed E-state index contributed by atoms with van der Waals surface area (Å²) in [5.74, 6) is 0.354. The first-order chi connectivity index (χ1) is 7.96. The highest BCUT2D eigenvalue weighted by Crippen LogP contribution is 2.48. The molecule has 0 spiro atoms. The third kappa shape index (κ3) is 1.67. The fraction of sp³-hybridized carbons (Fsp3) is 0.533. The molecule has 1 heterocycles. The number of rotatable bonds is 0. The van der Waals surface area contributed by atoms with Gasteiger partial charge in [-0.25, -0.2) is 4.79 Å². The van der Waals surface area contributed by atoms with Crippen LogP contribution in [0.3, 0.4) is 0 Å². The molecule has 0 aromatic rings. The Bertz CT molecular complexity index is 489. The lowest BCUT2D eigenvalue weighted by Crippen LogP contribution is -2.09. The normalized spacial score (nSPS) is 30.3. The van der Waals surface area contributed by atoms with Crippen molar-refractivity contribution in [3.05, 3.63) is 34.6 Å². The standard InChI is InChI=1S/C15H18O2/c1-9-4-11-8-17-14(16)12(11)5-10-6-15(2,3)7-13(9)10/h5,8-9H,4,6-7H2,1-3H3. The zero-order valence-corrected chi connectivity index (χ0v) is 10.7. The van der Waals surface area contributed by atoms with E-state index in [4.69, 9.17) is 4.74 Å². The maximum Gasteiger partial charge on any atom is 0.343 e. The molecule has 0 radical (unpaired) electrons. The second-order valence-electron chi connectivity index (χ2n) is 6.28. The molecule has 0 N–H and O–H groups in total. The van der Waals surface area contributed by atoms with Gasteiger partial charge in [-0.15, -0.1) is 0 Å². The number of hydrogen-bond donors (Lipinski definition) is 0. The Morgan fingerprint density at radius 2 is 2.12 bits per heavy atom. The Kier molecular flexibility index (Phi) is 2.13. The number of hydrogen-bond acceptors (Lipinski definition) is 2. The van der Waals surface area contributed by atoms with E-state index in [0.717, 1.165) is 30.4 Å². The van der Waals surface area contributed by atoms with Crippen LogP contribution < -0.4 is 0 Å². The van der Waals surface area contributed by atoms with Gasteiger partial charge in [0.05, 0.1) is 11.8 Å². The molecule has 1 unspecified atom stereocenters. The van der Waals surface area contributed by atoms with Crippen LogP contribution in [0.5, 0.6) is 0 Å². The molecule has 0 bridgehead atoms. The summed E-state index contributed by atoms with van der Waals surface area (Å²) in [7, 11) is 0. The quantitative estimate of drug-likeness (QED) is 0.595. The van der Waals surface area contributed by atoms with E-state index in [-0.39, 0.29) is 5.97 Å². The molecule has 0 saturated heterocycles. The first-order valence-electron chi connectivity index (χ1n) is 6.30. The Balaban J connectivity index is 2.05. The summed E-state index contributed by atoms with van der Waals surface area (Å²) in [5.41, 5.74) is 5.14. The van der Waals surface area contributed by atoms with Gasteiger partial charge in [-0.2, -0.15) is 0 Å². The predicted octanol–water partition coefficient (Wildman–Crippen LogP) is 3.51. The van der Waals surface area contributed by atoms with Gasteiger partial charge in [-0.05, 0) is 42.2 Å². The fourth-order valence-corrected chi connectivity index (χ4v) is 3.27. The van der Waals surface area contributed by atoms with Crippen molar-refractivity contribution in [2.24, 2.45) is 11.3 Å². The summed E-state index contributed by atoms with van der Waals surface area (Å²) in [4.78, 5) is 11.7. The minimum Gasteiger partial charge on any atom is -0.431 e. The van der Waals surface area contributed by atoms with Gasteiger partial charge >= 0.3 is 5.97 Å². The molecule has 17 heavy (non-hydrogen) atoms. The van der Waals surface area contributed by atoms with Gasteiger partial charge in [0.2, 0.25) is 0 Å². The topological polar surface area (TPSA) is 26.3 Å². The van der Waals surface area contributed by atoms with Crippen molar-refractivity contribution in [2.75, 3.05) is 0 Å². The molecule has 0 amide bonds. The Morgan fingerprint density at radius 3 is 2.88 bits per heavy atom. The van der Waals surface area contributed by atoms with Crippen molar-refractivity contribution in [3.8, 4) is 0 Å². The van der Waals surface area contributed by atoms with Crippen LogP contribution in [0.25, 0.3) is 0 Å². The molecule has 1 atom stereocenters. The molecule has 2 nitrogen and oxygen atoms in total. The number of carbonyl (C=O) groups excluding carboxylic acids is 1. The smallest absolute Gasteiger partial charge is 0.343 e. The average molecular weight is 230 g/mol. The van der Waals surface area contributed by atoms with Crippen LogP contribution in [-0.2, 0) is 9.53 Å². The van der Waals surface area contributed by atoms with Gasteiger partial charge in [0, 0.05) is 5.57 Å². The van der Waals surface area contributed by atoms with Gasteiger partial charge in [-0.1, -0.05) is 26.3 Å². The van der Waals surface area contributed by atoms with E-state index >= 15 is 0 Å². The fourth-order valence-electron chi connectivity index (χ4n) is 3.27. The number of fused-ring (bicyclic) bond motifs is 1. The second-order valence-corrected chi connectivity index (χ2v) is 6.28. The first-order valence-corrected chi connectivity index (χ1v) is 6.30. The number of allylic oxidation sites excluding steroid dienone is 3. The van der Waals surface area contributed by atoms with Gasteiger partial charge in [0.1, 0.15) is 0 Å². The highest BCUT2D eigenvalue weighted by Gasteiger charge is 2.36. The maximum atomic E-state index is 11.7. The van der Waals surface area contributed by atoms with Crippen molar-refractivity contribution in [1.29, 1.82) is 0 Å². The Hall–Kier alpha value is -1.31. The van der Waals surface area contributed by atoms with E-state index in [1.54, 1.807) is 11.8 Å². The highest BCUT2D eigenvalue weighted by atomic mass is 16.5. The molecule has 0 aromatic carbocycles. The van der Waals surface area contributed by atoms with Crippen LogP contribution in [0.2, 0.25) is 0 Å². The van der Waals surface area contributed by atoms with Crippen LogP contribution in [0, 0.1) is 11.3 Å². The molecular formula is C15H18O2. The number of carbonyl (C=O) groups is 1. The third-order valence-electron chi connectivity index (χ3n) is 4.06. The zero-order chi connectivity index (χ0) is 12.2. The Morgan fingerprint density at radius 1 is 1.35 bits per heavy atom. The summed E-state index contributed by atoms with van der Waals surface area (Å²) < 4.78 is 5.01. The van der Waals surface area contributed by atoms with Crippen molar-refractivity contribution >= 4 is 5.97 Å². The van der Waals surface area contributed by atoms with E-state index in [1.165, 1.54) is 5.57 Å². The summed E-state index contributed by atoms with van der Waals surface area (Å²) in [6.45, 7) is 6.87. The molecule has 0 aromatic heterocycles. The van der Waals surface area contributed by atoms with Crippen molar-refractivity contribution < 1.29 is 9.53 Å². The molecule has 3 aliphatic rings. The number of ether oxygens (including phenoxy) is 1. The van der Waals surface area contributed by atoms with Crippen molar-refractivity contribution in [3.63, 3.8) is 0 Å². The Labute approximate surface area is 102 Å². The SMILES string of the molecule is CC1CC2=COC(=O)C2=CC2=C1CC(C)(C)C2. The highest BCUT2D eigenvalue weighted by molar-refractivity contribution is 5.97. The molecule has 1 aliphatic heterocycles. The molecule has 0 saturated carbocycles. The van der Waals surface area contributed by atoms with E-state index in [9.17, 15) is 4.79 Å². The van der Waals surface area contributed by atoms with E-state index in [2.05, 4.69) is 26.8 Å². The third-order valence-corrected chi connectivity index (χ3v) is 4.06. The molecule has 2 heteroatoms. The van der Waals surface area contributed by atoms with E-state index < -0.39 is 0 Å². The summed E-state index contributed by atoms with van der Waals surface area (Å²) in [6.07, 6.45) is 6.89. The molecule has 0 fully saturated rings. The lowest BCUT2D eigenvalue weighted by Gasteiger charge is -2.20. The summed E-state index contributed by atoms with van der Waals surface area (Å²) >= 11 is 0. The minimum absolute atomic E-state index is 0.175. The molecule has 3 rings (SSSR count). The largest absolute Gasteiger partial charge is 0.431 e. The van der Waals surface area contributed by atoms with Crippen LogP contribution >= 0.6 is 0 Å². The van der Waals surface area contributed by atoms with Crippen LogP contribution in [-0.4, -0.2) is 5.97 Å². The van der Waals surface area contributed by atoms with Gasteiger partial charge in [0.25, 0.3) is 0 Å². The van der Waals surface area contributed by atoms with Crippen LogP contribution in [0.1, 0.15) is 40.0 Å². The second kappa shape index (κ2) is 3.34. The lowest BCUT2D eigenvalue weighted by atomic mass is 9.84. The molecular weight excluding hydrogens is 212 g/mol. The zero-order valence-electron chi connectivity index (χ0n) is 10.7.